The highest BCUT2D eigenvalue weighted by molar-refractivity contribution is 5.79. The lowest BCUT2D eigenvalue weighted by Gasteiger charge is -2.30. The first-order chi connectivity index (χ1) is 16.0. The Morgan fingerprint density at radius 3 is 1.94 bits per heavy atom. The van der Waals surface area contributed by atoms with E-state index in [2.05, 4.69) is 10.2 Å². The van der Waals surface area contributed by atoms with E-state index in [1.54, 1.807) is 38.5 Å². The largest absolute Gasteiger partial charge is 0.493 e. The van der Waals surface area contributed by atoms with Crippen molar-refractivity contribution in [2.24, 2.45) is 0 Å². The van der Waals surface area contributed by atoms with Crippen LogP contribution < -0.4 is 14.8 Å². The predicted molar refractivity (Wildman–Crippen MR) is 121 cm³/mol. The Morgan fingerprint density at radius 1 is 0.909 bits per heavy atom. The van der Waals surface area contributed by atoms with Gasteiger partial charge in [-0.3, -0.25) is 9.69 Å². The second kappa shape index (κ2) is 10.0. The average molecular weight is 453 g/mol. The second-order valence-corrected chi connectivity index (χ2v) is 8.04. The summed E-state index contributed by atoms with van der Waals surface area (Å²) in [5.41, 5.74) is 3.72. The molecule has 0 fully saturated rings. The van der Waals surface area contributed by atoms with E-state index < -0.39 is 6.04 Å². The van der Waals surface area contributed by atoms with E-state index >= 15 is 0 Å². The van der Waals surface area contributed by atoms with Gasteiger partial charge in [0, 0.05) is 13.1 Å². The van der Waals surface area contributed by atoms with Crippen LogP contribution in [0.4, 0.5) is 8.78 Å². The summed E-state index contributed by atoms with van der Waals surface area (Å²) in [4.78, 5) is 15.1. The molecule has 1 amide bonds. The Balaban J connectivity index is 1.49. The van der Waals surface area contributed by atoms with Crippen molar-refractivity contribution >= 4 is 5.91 Å². The van der Waals surface area contributed by atoms with E-state index in [0.29, 0.717) is 18.0 Å². The maximum Gasteiger partial charge on any atom is 0.234 e. The zero-order chi connectivity index (χ0) is 23.4. The molecule has 0 aliphatic carbocycles. The maximum atomic E-state index is 13.4. The molecule has 1 aliphatic heterocycles. The summed E-state index contributed by atoms with van der Waals surface area (Å²) in [6, 6.07) is 15.3. The molecule has 0 spiro atoms. The normalized spacial score (nSPS) is 13.5. The van der Waals surface area contributed by atoms with Gasteiger partial charge in [-0.15, -0.1) is 0 Å². The molecule has 7 heteroatoms. The molecule has 3 aromatic carbocycles. The van der Waals surface area contributed by atoms with Gasteiger partial charge in [0.1, 0.15) is 11.6 Å². The Hall–Kier alpha value is -3.45. The molecule has 5 nitrogen and oxygen atoms in total. The van der Waals surface area contributed by atoms with Gasteiger partial charge < -0.3 is 14.8 Å². The summed E-state index contributed by atoms with van der Waals surface area (Å²) in [7, 11) is 3.21. The van der Waals surface area contributed by atoms with Gasteiger partial charge >= 0.3 is 0 Å². The van der Waals surface area contributed by atoms with Crippen LogP contribution in [0.3, 0.4) is 0 Å². The number of ether oxygens (including phenoxy) is 2. The molecule has 0 aromatic heterocycles. The van der Waals surface area contributed by atoms with Crippen molar-refractivity contribution in [3.05, 3.63) is 94.6 Å². The van der Waals surface area contributed by atoms with Gasteiger partial charge in [0.15, 0.2) is 11.5 Å². The third-order valence-corrected chi connectivity index (χ3v) is 5.88. The van der Waals surface area contributed by atoms with Crippen molar-refractivity contribution in [2.45, 2.75) is 19.0 Å². The molecule has 0 unspecified atom stereocenters. The Morgan fingerprint density at radius 2 is 1.42 bits per heavy atom. The monoisotopic (exact) mass is 452 g/mol. The number of rotatable bonds is 7. The van der Waals surface area contributed by atoms with Crippen LogP contribution in [0, 0.1) is 11.6 Å². The highest BCUT2D eigenvalue weighted by Crippen LogP contribution is 2.33. The Labute approximate surface area is 191 Å². The molecule has 0 radical (unpaired) electrons. The van der Waals surface area contributed by atoms with E-state index in [-0.39, 0.29) is 24.1 Å². The van der Waals surface area contributed by atoms with E-state index in [1.165, 1.54) is 29.8 Å². The number of fused-ring (bicyclic) bond motifs is 1. The molecular weight excluding hydrogens is 426 g/mol. The van der Waals surface area contributed by atoms with Gasteiger partial charge in [0.05, 0.1) is 26.8 Å². The molecular formula is C26H26F2N2O3. The van der Waals surface area contributed by atoms with Crippen molar-refractivity contribution < 1.29 is 23.0 Å². The number of amides is 1. The minimum atomic E-state index is -0.514. The number of nitrogens with zero attached hydrogens (tertiary/aromatic N) is 1. The third kappa shape index (κ3) is 5.31. The summed E-state index contributed by atoms with van der Waals surface area (Å²) in [6.07, 6.45) is 0.794. The predicted octanol–water partition coefficient (Wildman–Crippen LogP) is 4.25. The van der Waals surface area contributed by atoms with E-state index in [4.69, 9.17) is 9.47 Å². The Bertz CT molecular complexity index is 1070. The highest BCUT2D eigenvalue weighted by Gasteiger charge is 2.23. The van der Waals surface area contributed by atoms with Crippen LogP contribution in [0.1, 0.15) is 28.3 Å². The molecule has 0 saturated carbocycles. The molecule has 1 N–H and O–H groups in total. The zero-order valence-electron chi connectivity index (χ0n) is 18.6. The number of hydrogen-bond donors (Lipinski definition) is 1. The van der Waals surface area contributed by atoms with Crippen LogP contribution in [0.15, 0.2) is 60.7 Å². The lowest BCUT2D eigenvalue weighted by Crippen LogP contribution is -2.41. The molecule has 1 aliphatic rings. The summed E-state index contributed by atoms with van der Waals surface area (Å²) in [5.74, 6) is 0.473. The van der Waals surface area contributed by atoms with Crippen molar-refractivity contribution in [3.63, 3.8) is 0 Å². The summed E-state index contributed by atoms with van der Waals surface area (Å²) >= 11 is 0. The van der Waals surface area contributed by atoms with Crippen LogP contribution in [0.5, 0.6) is 11.5 Å². The quantitative estimate of drug-likeness (QED) is 0.583. The van der Waals surface area contributed by atoms with Crippen LogP contribution in [-0.2, 0) is 17.8 Å². The molecule has 1 heterocycles. The first-order valence-electron chi connectivity index (χ1n) is 10.7. The summed E-state index contributed by atoms with van der Waals surface area (Å²) in [6.45, 7) is 1.54. The molecule has 172 valence electrons. The number of hydrogen-bond acceptors (Lipinski definition) is 4. The van der Waals surface area contributed by atoms with Crippen LogP contribution in [0.25, 0.3) is 0 Å². The van der Waals surface area contributed by atoms with Crippen molar-refractivity contribution in [2.75, 3.05) is 27.3 Å². The summed E-state index contributed by atoms with van der Waals surface area (Å²) in [5, 5.41) is 3.03. The maximum absolute atomic E-state index is 13.4. The number of carbonyl (C=O) groups is 1. The van der Waals surface area contributed by atoms with E-state index in [9.17, 15) is 13.6 Å². The van der Waals surface area contributed by atoms with Crippen LogP contribution in [0.2, 0.25) is 0 Å². The average Bonchev–Trinajstić information content (AvgIpc) is 2.83. The first-order valence-corrected chi connectivity index (χ1v) is 10.7. The van der Waals surface area contributed by atoms with Gasteiger partial charge in [-0.1, -0.05) is 24.3 Å². The van der Waals surface area contributed by atoms with Crippen molar-refractivity contribution in [1.29, 1.82) is 0 Å². The van der Waals surface area contributed by atoms with Gasteiger partial charge in [0.25, 0.3) is 0 Å². The van der Waals surface area contributed by atoms with Gasteiger partial charge in [0.2, 0.25) is 5.91 Å². The van der Waals surface area contributed by atoms with Crippen LogP contribution in [-0.4, -0.2) is 38.1 Å². The molecule has 4 rings (SSSR count). The topological polar surface area (TPSA) is 50.8 Å². The van der Waals surface area contributed by atoms with E-state index in [1.807, 2.05) is 12.1 Å². The van der Waals surface area contributed by atoms with Gasteiger partial charge in [-0.2, -0.15) is 0 Å². The Kier molecular flexibility index (Phi) is 6.89. The lowest BCUT2D eigenvalue weighted by atomic mass is 9.98. The molecule has 0 saturated heterocycles. The fraction of sp³-hybridized carbons (Fsp3) is 0.269. The molecule has 0 atom stereocenters. The first kappa shape index (κ1) is 22.7. The third-order valence-electron chi connectivity index (χ3n) is 5.88. The standard InChI is InChI=1S/C26H26F2N2O3/c1-32-23-13-19-11-12-30(15-20(19)14-24(23)33-2)16-25(31)29-26(17-3-7-21(27)8-4-17)18-5-9-22(28)10-6-18/h3-10,13-14,26H,11-12,15-16H2,1-2H3,(H,29,31). The number of carbonyl (C=O) groups excluding carboxylic acids is 1. The number of methoxy groups -OCH3 is 2. The van der Waals surface area contributed by atoms with Crippen molar-refractivity contribution in [1.82, 2.24) is 10.2 Å². The highest BCUT2D eigenvalue weighted by atomic mass is 19.1. The van der Waals surface area contributed by atoms with Gasteiger partial charge in [-0.05, 0) is 65.1 Å². The molecule has 33 heavy (non-hydrogen) atoms. The smallest absolute Gasteiger partial charge is 0.234 e. The van der Waals surface area contributed by atoms with Crippen LogP contribution >= 0.6 is 0 Å². The number of halogens is 2. The fourth-order valence-corrected chi connectivity index (χ4v) is 4.16. The van der Waals surface area contributed by atoms with E-state index in [0.717, 1.165) is 29.7 Å². The second-order valence-electron chi connectivity index (χ2n) is 8.04. The number of nitrogens with one attached hydrogen (secondary N) is 1. The number of benzene rings is 3. The molecule has 3 aromatic rings. The fourth-order valence-electron chi connectivity index (χ4n) is 4.16. The van der Waals surface area contributed by atoms with Crippen molar-refractivity contribution in [3.8, 4) is 11.5 Å². The zero-order valence-corrected chi connectivity index (χ0v) is 18.6. The molecule has 0 bridgehead atoms. The van der Waals surface area contributed by atoms with Gasteiger partial charge in [-0.25, -0.2) is 8.78 Å². The minimum absolute atomic E-state index is 0.169. The minimum Gasteiger partial charge on any atom is -0.493 e. The lowest BCUT2D eigenvalue weighted by molar-refractivity contribution is -0.123. The SMILES string of the molecule is COc1cc2c(cc1OC)CN(CC(=O)NC(c1ccc(F)cc1)c1ccc(F)cc1)CC2. The summed E-state index contributed by atoms with van der Waals surface area (Å²) < 4.78 is 37.7.